The number of aromatic nitrogens is 4. The van der Waals surface area contributed by atoms with E-state index in [2.05, 4.69) is 19.3 Å². The number of anilines is 1. The van der Waals surface area contributed by atoms with Crippen LogP contribution in [0.4, 0.5) is 5.95 Å². The van der Waals surface area contributed by atoms with Gasteiger partial charge in [-0.1, -0.05) is 13.3 Å². The molecule has 214 valence electrons. The summed E-state index contributed by atoms with van der Waals surface area (Å²) in [5.41, 5.74) is 5.78. The van der Waals surface area contributed by atoms with Gasteiger partial charge in [0.05, 0.1) is 29.8 Å². The van der Waals surface area contributed by atoms with Gasteiger partial charge in [0.15, 0.2) is 17.5 Å². The number of thioether (sulfide) groups is 1. The minimum Gasteiger partial charge on any atom is -0.388 e. The number of aryl methyl sites for hydroxylation is 1. The third-order valence-electron chi connectivity index (χ3n) is 5.91. The van der Waals surface area contributed by atoms with Crippen molar-refractivity contribution in [1.82, 2.24) is 19.5 Å². The van der Waals surface area contributed by atoms with E-state index in [1.807, 2.05) is 6.92 Å². The van der Waals surface area contributed by atoms with Gasteiger partial charge in [-0.3, -0.25) is 9.78 Å². The molecule has 1 aliphatic heterocycles. The normalized spacial score (nSPS) is 24.8. The number of sulfonamides is 1. The van der Waals surface area contributed by atoms with Crippen LogP contribution in [0.5, 0.6) is 0 Å². The van der Waals surface area contributed by atoms with Gasteiger partial charge in [0.2, 0.25) is 5.95 Å². The Balaban J connectivity index is 1.48. The van der Waals surface area contributed by atoms with E-state index in [-0.39, 0.29) is 30.2 Å². The lowest BCUT2D eigenvalue weighted by Crippen LogP contribution is -2.57. The Hall–Kier alpha value is -2.08. The average molecular weight is 577 g/mol. The average Bonchev–Trinajstić information content (AvgIpc) is 3.26. The van der Waals surface area contributed by atoms with Crippen LogP contribution >= 0.6 is 11.8 Å². The zero-order valence-corrected chi connectivity index (χ0v) is 23.0. The Kier molecular flexibility index (Phi) is 11.1. The molecular weight excluding hydrogens is 540 g/mol. The first-order chi connectivity index (χ1) is 18.0. The molecule has 0 saturated carbocycles. The molecule has 0 radical (unpaired) electrons. The number of rotatable bonds is 13. The van der Waals surface area contributed by atoms with Gasteiger partial charge in [-0.05, 0) is 31.9 Å². The standard InChI is InChI=1S/C22H36N6O8S2/c1-3-10-37-14(7-9-35-21-18(31)17(30)16(29)13(2)36-21)27-38(33,34)11-6-4-5-8-28-12-24-15-19(28)25-22(23)26-20(15)32/h12-13,16-18,21,29-31H,3-11H2,1-2H3,(H3,23,25,26,32)/b27-14-/t13-,16+,17+,18-,21-/m0/s1. The summed E-state index contributed by atoms with van der Waals surface area (Å²) in [7, 11) is -3.72. The summed E-state index contributed by atoms with van der Waals surface area (Å²) in [6.07, 6.45) is -1.76. The van der Waals surface area contributed by atoms with Gasteiger partial charge >= 0.3 is 0 Å². The molecule has 3 heterocycles. The molecule has 0 aliphatic carbocycles. The molecule has 6 N–H and O–H groups in total. The Morgan fingerprint density at radius 1 is 1.26 bits per heavy atom. The van der Waals surface area contributed by atoms with Crippen molar-refractivity contribution in [3.05, 3.63) is 16.7 Å². The number of nitrogen functional groups attached to an aromatic ring is 1. The Morgan fingerprint density at radius 2 is 2.03 bits per heavy atom. The predicted molar refractivity (Wildman–Crippen MR) is 143 cm³/mol. The number of H-pyrrole nitrogens is 1. The fourth-order valence-corrected chi connectivity index (χ4v) is 6.14. The van der Waals surface area contributed by atoms with Crippen LogP contribution in [0.25, 0.3) is 11.2 Å². The van der Waals surface area contributed by atoms with Gasteiger partial charge < -0.3 is 35.1 Å². The molecule has 5 atom stereocenters. The number of nitrogens with one attached hydrogen (secondary N) is 1. The van der Waals surface area contributed by atoms with Crippen LogP contribution in [0, 0.1) is 0 Å². The van der Waals surface area contributed by atoms with Crippen LogP contribution < -0.4 is 11.3 Å². The van der Waals surface area contributed by atoms with Crippen LogP contribution in [0.2, 0.25) is 0 Å². The van der Waals surface area contributed by atoms with E-state index in [1.165, 1.54) is 18.1 Å². The lowest BCUT2D eigenvalue weighted by molar-refractivity contribution is -0.292. The van der Waals surface area contributed by atoms with E-state index in [0.29, 0.717) is 42.3 Å². The summed E-state index contributed by atoms with van der Waals surface area (Å²) >= 11 is 1.33. The summed E-state index contributed by atoms with van der Waals surface area (Å²) in [4.78, 5) is 22.4. The fourth-order valence-electron chi connectivity index (χ4n) is 3.86. The lowest BCUT2D eigenvalue weighted by Gasteiger charge is -2.38. The first kappa shape index (κ1) is 30.5. The largest absolute Gasteiger partial charge is 0.388 e. The number of nitrogens with zero attached hydrogens (tertiary/aromatic N) is 4. The lowest BCUT2D eigenvalue weighted by atomic mass is 10.0. The van der Waals surface area contributed by atoms with Crippen molar-refractivity contribution in [3.63, 3.8) is 0 Å². The number of nitrogens with two attached hydrogens (primary N) is 1. The minimum atomic E-state index is -3.72. The van der Waals surface area contributed by atoms with Gasteiger partial charge in [-0.2, -0.15) is 9.38 Å². The van der Waals surface area contributed by atoms with Gasteiger partial charge in [0, 0.05) is 13.0 Å². The number of aliphatic hydroxyl groups excluding tert-OH is 3. The van der Waals surface area contributed by atoms with Crippen molar-refractivity contribution < 1.29 is 33.2 Å². The Morgan fingerprint density at radius 3 is 2.76 bits per heavy atom. The van der Waals surface area contributed by atoms with E-state index < -0.39 is 46.3 Å². The molecule has 16 heteroatoms. The maximum absolute atomic E-state index is 12.6. The molecule has 0 unspecified atom stereocenters. The number of fused-ring (bicyclic) bond motifs is 1. The third kappa shape index (κ3) is 8.21. The van der Waals surface area contributed by atoms with Gasteiger partial charge in [0.25, 0.3) is 15.6 Å². The van der Waals surface area contributed by atoms with Crippen molar-refractivity contribution in [2.45, 2.75) is 83.2 Å². The van der Waals surface area contributed by atoms with Crippen LogP contribution in [-0.4, -0.2) is 97.1 Å². The molecule has 0 bridgehead atoms. The highest BCUT2D eigenvalue weighted by Gasteiger charge is 2.42. The second-order valence-corrected chi connectivity index (χ2v) is 12.0. The molecule has 2 aromatic heterocycles. The van der Waals surface area contributed by atoms with E-state index in [4.69, 9.17) is 15.2 Å². The molecule has 2 aromatic rings. The minimum absolute atomic E-state index is 0.00347. The summed E-state index contributed by atoms with van der Waals surface area (Å²) in [6.45, 7) is 4.05. The molecule has 1 fully saturated rings. The number of hydrogen-bond acceptors (Lipinski definition) is 12. The van der Waals surface area contributed by atoms with Crippen LogP contribution in [-0.2, 0) is 26.0 Å². The molecule has 1 aliphatic rings. The predicted octanol–water partition coefficient (Wildman–Crippen LogP) is -0.0222. The van der Waals surface area contributed by atoms with Crippen molar-refractivity contribution >= 4 is 43.9 Å². The van der Waals surface area contributed by atoms with E-state index >= 15 is 0 Å². The highest BCUT2D eigenvalue weighted by Crippen LogP contribution is 2.22. The summed E-state index contributed by atoms with van der Waals surface area (Å²) in [5.74, 6) is 0.564. The van der Waals surface area contributed by atoms with Crippen molar-refractivity contribution in [2.75, 3.05) is 23.8 Å². The quantitative estimate of drug-likeness (QED) is 0.121. The molecule has 0 spiro atoms. The second kappa shape index (κ2) is 13.8. The monoisotopic (exact) mass is 576 g/mol. The second-order valence-electron chi connectivity index (χ2n) is 9.04. The van der Waals surface area contributed by atoms with Crippen LogP contribution in [0.15, 0.2) is 15.5 Å². The van der Waals surface area contributed by atoms with Crippen molar-refractivity contribution in [1.29, 1.82) is 0 Å². The molecule has 0 amide bonds. The number of ether oxygens (including phenoxy) is 2. The first-order valence-corrected chi connectivity index (χ1v) is 15.1. The number of aliphatic hydroxyl groups is 3. The van der Waals surface area contributed by atoms with E-state index in [1.54, 1.807) is 11.5 Å². The number of aromatic amines is 1. The Labute approximate surface area is 224 Å². The SMILES string of the molecule is CCCS/C(CCO[C@H]1O[C@@H](C)[C@@H](O)[C@@H](O)[C@@H]1O)=N\S(=O)(=O)CCCCCn1cnc2c(=O)[nH]c(N)nc21. The van der Waals surface area contributed by atoms with Crippen molar-refractivity contribution in [2.24, 2.45) is 4.40 Å². The maximum atomic E-state index is 12.6. The molecular formula is C22H36N6O8S2. The summed E-state index contributed by atoms with van der Waals surface area (Å²) in [5, 5.41) is 30.2. The van der Waals surface area contributed by atoms with Gasteiger partial charge in [-0.25, -0.2) is 13.4 Å². The van der Waals surface area contributed by atoms with Crippen LogP contribution in [0.3, 0.4) is 0 Å². The van der Waals surface area contributed by atoms with Crippen LogP contribution in [0.1, 0.15) is 46.0 Å². The number of imidazole rings is 1. The smallest absolute Gasteiger partial charge is 0.280 e. The van der Waals surface area contributed by atoms with Crippen molar-refractivity contribution in [3.8, 4) is 0 Å². The molecule has 14 nitrogen and oxygen atoms in total. The van der Waals surface area contributed by atoms with E-state index in [0.717, 1.165) is 6.42 Å². The van der Waals surface area contributed by atoms with Gasteiger partial charge in [0.1, 0.15) is 18.3 Å². The first-order valence-electron chi connectivity index (χ1n) is 12.5. The van der Waals surface area contributed by atoms with Gasteiger partial charge in [-0.15, -0.1) is 11.8 Å². The fraction of sp³-hybridized carbons (Fsp3) is 0.727. The Bertz CT molecular complexity index is 1250. The zero-order chi connectivity index (χ0) is 27.9. The number of unbranched alkanes of at least 4 members (excludes halogenated alkanes) is 2. The zero-order valence-electron chi connectivity index (χ0n) is 21.4. The van der Waals surface area contributed by atoms with E-state index in [9.17, 15) is 28.5 Å². The molecule has 1 saturated heterocycles. The highest BCUT2D eigenvalue weighted by atomic mass is 32.2. The maximum Gasteiger partial charge on any atom is 0.280 e. The topological polar surface area (TPSA) is 215 Å². The summed E-state index contributed by atoms with van der Waals surface area (Å²) in [6, 6.07) is 0. The highest BCUT2D eigenvalue weighted by molar-refractivity contribution is 8.14. The number of hydrogen-bond donors (Lipinski definition) is 5. The molecule has 38 heavy (non-hydrogen) atoms. The third-order valence-corrected chi connectivity index (χ3v) is 8.57. The summed E-state index contributed by atoms with van der Waals surface area (Å²) < 4.78 is 41.9. The molecule has 0 aromatic carbocycles. The molecule has 3 rings (SSSR count).